The number of anilines is 2. The second kappa shape index (κ2) is 8.55. The minimum Gasteiger partial charge on any atom is -0.495 e. The van der Waals surface area contributed by atoms with E-state index < -0.39 is 15.9 Å². The molecule has 6 nitrogen and oxygen atoms in total. The molecule has 0 fully saturated rings. The van der Waals surface area contributed by atoms with Gasteiger partial charge in [-0.2, -0.15) is 0 Å². The zero-order valence-corrected chi connectivity index (χ0v) is 17.4. The zero-order chi connectivity index (χ0) is 21.0. The molecule has 150 valence electrons. The average Bonchev–Trinajstić information content (AvgIpc) is 2.74. The highest BCUT2D eigenvalue weighted by atomic mass is 35.5. The number of nitrogens with one attached hydrogen (secondary N) is 1. The highest BCUT2D eigenvalue weighted by Crippen LogP contribution is 2.29. The molecule has 3 aromatic carbocycles. The van der Waals surface area contributed by atoms with Gasteiger partial charge in [-0.25, -0.2) is 8.42 Å². The van der Waals surface area contributed by atoms with Gasteiger partial charge in [0.05, 0.1) is 23.4 Å². The van der Waals surface area contributed by atoms with Crippen LogP contribution in [0, 0.1) is 0 Å². The van der Waals surface area contributed by atoms with Crippen molar-refractivity contribution >= 4 is 38.9 Å². The summed E-state index contributed by atoms with van der Waals surface area (Å²) < 4.78 is 32.0. The summed E-state index contributed by atoms with van der Waals surface area (Å²) in [6, 6.07) is 19.3. The number of halogens is 1. The highest BCUT2D eigenvalue weighted by molar-refractivity contribution is 7.92. The lowest BCUT2D eigenvalue weighted by Gasteiger charge is -2.20. The number of hydrogen-bond acceptors (Lipinski definition) is 4. The number of carbonyl (C=O) groups is 1. The molecule has 8 heteroatoms. The maximum Gasteiger partial charge on any atom is 0.264 e. The molecule has 1 N–H and O–H groups in total. The standard InChI is InChI=1S/C21H19ClN2O4S/c1-24(29(26,27)18-9-4-3-5-10-18)17-8-6-7-15(13-17)21(25)23-19-14-16(22)11-12-20(19)28-2/h3-14H,1-2H3,(H,23,25). The normalized spacial score (nSPS) is 11.0. The Morgan fingerprint density at radius 2 is 1.72 bits per heavy atom. The highest BCUT2D eigenvalue weighted by Gasteiger charge is 2.22. The number of carbonyl (C=O) groups excluding carboxylic acids is 1. The Balaban J connectivity index is 1.88. The van der Waals surface area contributed by atoms with Crippen molar-refractivity contribution < 1.29 is 17.9 Å². The van der Waals surface area contributed by atoms with Gasteiger partial charge in [0.1, 0.15) is 5.75 Å². The summed E-state index contributed by atoms with van der Waals surface area (Å²) in [5.74, 6) is 0.0422. The number of methoxy groups -OCH3 is 1. The van der Waals surface area contributed by atoms with E-state index in [0.29, 0.717) is 27.7 Å². The number of ether oxygens (including phenoxy) is 1. The summed E-state index contributed by atoms with van der Waals surface area (Å²) in [5.41, 5.74) is 1.07. The molecule has 3 aromatic rings. The van der Waals surface area contributed by atoms with Crippen molar-refractivity contribution in [1.82, 2.24) is 0 Å². The largest absolute Gasteiger partial charge is 0.495 e. The first-order chi connectivity index (χ1) is 13.8. The molecule has 0 bridgehead atoms. The Kier molecular flexibility index (Phi) is 6.10. The van der Waals surface area contributed by atoms with E-state index in [1.165, 1.54) is 32.4 Å². The second-order valence-corrected chi connectivity index (χ2v) is 8.54. The molecule has 0 heterocycles. The van der Waals surface area contributed by atoms with Crippen molar-refractivity contribution in [2.75, 3.05) is 23.8 Å². The molecule has 1 amide bonds. The molecule has 3 rings (SSSR count). The first kappa shape index (κ1) is 20.7. The van der Waals surface area contributed by atoms with Gasteiger partial charge >= 0.3 is 0 Å². The lowest BCUT2D eigenvalue weighted by Crippen LogP contribution is -2.26. The van der Waals surface area contributed by atoms with E-state index in [-0.39, 0.29) is 4.90 Å². The minimum absolute atomic E-state index is 0.168. The Morgan fingerprint density at radius 1 is 1.00 bits per heavy atom. The van der Waals surface area contributed by atoms with Gasteiger partial charge in [-0.3, -0.25) is 9.10 Å². The fourth-order valence-corrected chi connectivity index (χ4v) is 4.09. The molecule has 0 radical (unpaired) electrons. The SMILES string of the molecule is COc1ccc(Cl)cc1NC(=O)c1cccc(N(C)S(=O)(=O)c2ccccc2)c1. The van der Waals surface area contributed by atoms with E-state index in [0.717, 1.165) is 4.31 Å². The van der Waals surface area contributed by atoms with Crippen LogP contribution in [-0.2, 0) is 10.0 Å². The van der Waals surface area contributed by atoms with Crippen LogP contribution >= 0.6 is 11.6 Å². The summed E-state index contributed by atoms with van der Waals surface area (Å²) in [5, 5.41) is 3.19. The Morgan fingerprint density at radius 3 is 2.41 bits per heavy atom. The van der Waals surface area contributed by atoms with Crippen LogP contribution in [-0.4, -0.2) is 28.5 Å². The molecule has 0 spiro atoms. The van der Waals surface area contributed by atoms with Crippen LogP contribution in [0.15, 0.2) is 77.7 Å². The number of benzene rings is 3. The van der Waals surface area contributed by atoms with Gasteiger partial charge in [0.15, 0.2) is 0 Å². The maximum atomic E-state index is 12.8. The molecule has 0 saturated carbocycles. The van der Waals surface area contributed by atoms with E-state index in [4.69, 9.17) is 16.3 Å². The third kappa shape index (κ3) is 4.52. The maximum absolute atomic E-state index is 12.8. The lowest BCUT2D eigenvalue weighted by molar-refractivity contribution is 0.102. The molecule has 0 unspecified atom stereocenters. The third-order valence-electron chi connectivity index (χ3n) is 4.28. The molecule has 0 aliphatic rings. The van der Waals surface area contributed by atoms with Crippen LogP contribution in [0.3, 0.4) is 0 Å². The zero-order valence-electron chi connectivity index (χ0n) is 15.8. The van der Waals surface area contributed by atoms with Crippen molar-refractivity contribution in [2.24, 2.45) is 0 Å². The molecule has 0 aromatic heterocycles. The van der Waals surface area contributed by atoms with Crippen molar-refractivity contribution in [1.29, 1.82) is 0 Å². The smallest absolute Gasteiger partial charge is 0.264 e. The molecule has 0 atom stereocenters. The summed E-state index contributed by atoms with van der Waals surface area (Å²) in [6.45, 7) is 0. The van der Waals surface area contributed by atoms with Crippen LogP contribution in [0.25, 0.3) is 0 Å². The molecule has 29 heavy (non-hydrogen) atoms. The van der Waals surface area contributed by atoms with Crippen molar-refractivity contribution in [3.05, 3.63) is 83.4 Å². The van der Waals surface area contributed by atoms with E-state index >= 15 is 0 Å². The van der Waals surface area contributed by atoms with Crippen LogP contribution in [0.2, 0.25) is 5.02 Å². The molecular formula is C21H19ClN2O4S. The number of hydrogen-bond donors (Lipinski definition) is 1. The predicted octanol–water partition coefficient (Wildman–Crippen LogP) is 4.43. The first-order valence-electron chi connectivity index (χ1n) is 8.62. The third-order valence-corrected chi connectivity index (χ3v) is 6.32. The van der Waals surface area contributed by atoms with Crippen LogP contribution in [0.1, 0.15) is 10.4 Å². The average molecular weight is 431 g/mol. The molecule has 0 saturated heterocycles. The van der Waals surface area contributed by atoms with Crippen molar-refractivity contribution in [2.45, 2.75) is 4.90 Å². The van der Waals surface area contributed by atoms with Gasteiger partial charge in [-0.15, -0.1) is 0 Å². The Labute approximate surface area is 174 Å². The predicted molar refractivity (Wildman–Crippen MR) is 114 cm³/mol. The van der Waals surface area contributed by atoms with E-state index in [9.17, 15) is 13.2 Å². The van der Waals surface area contributed by atoms with E-state index in [1.807, 2.05) is 0 Å². The Bertz CT molecular complexity index is 1130. The Hall–Kier alpha value is -3.03. The molecule has 0 aliphatic carbocycles. The second-order valence-electron chi connectivity index (χ2n) is 6.13. The van der Waals surface area contributed by atoms with Crippen LogP contribution in [0.5, 0.6) is 5.75 Å². The van der Waals surface area contributed by atoms with Gasteiger partial charge in [0.25, 0.3) is 15.9 Å². The fraction of sp³-hybridized carbons (Fsp3) is 0.0952. The van der Waals surface area contributed by atoms with Gasteiger partial charge in [-0.1, -0.05) is 35.9 Å². The summed E-state index contributed by atoms with van der Waals surface area (Å²) in [7, 11) is -0.813. The summed E-state index contributed by atoms with van der Waals surface area (Å²) in [6.07, 6.45) is 0. The number of sulfonamides is 1. The first-order valence-corrected chi connectivity index (χ1v) is 10.4. The number of rotatable bonds is 6. The topological polar surface area (TPSA) is 75.7 Å². The number of nitrogens with zero attached hydrogens (tertiary/aromatic N) is 1. The van der Waals surface area contributed by atoms with E-state index in [1.54, 1.807) is 54.6 Å². The molecule has 0 aliphatic heterocycles. The lowest BCUT2D eigenvalue weighted by atomic mass is 10.2. The van der Waals surface area contributed by atoms with Gasteiger partial charge in [-0.05, 0) is 48.5 Å². The van der Waals surface area contributed by atoms with Crippen LogP contribution < -0.4 is 14.4 Å². The van der Waals surface area contributed by atoms with Gasteiger partial charge in [0, 0.05) is 17.6 Å². The van der Waals surface area contributed by atoms with Crippen molar-refractivity contribution in [3.63, 3.8) is 0 Å². The fourth-order valence-electron chi connectivity index (χ4n) is 2.70. The summed E-state index contributed by atoms with van der Waals surface area (Å²) >= 11 is 6.00. The molecular weight excluding hydrogens is 412 g/mol. The monoisotopic (exact) mass is 430 g/mol. The van der Waals surface area contributed by atoms with E-state index in [2.05, 4.69) is 5.32 Å². The van der Waals surface area contributed by atoms with Crippen molar-refractivity contribution in [3.8, 4) is 5.75 Å². The van der Waals surface area contributed by atoms with Gasteiger partial charge in [0.2, 0.25) is 0 Å². The summed E-state index contributed by atoms with van der Waals surface area (Å²) in [4.78, 5) is 12.9. The van der Waals surface area contributed by atoms with Crippen LogP contribution in [0.4, 0.5) is 11.4 Å². The van der Waals surface area contributed by atoms with Gasteiger partial charge < -0.3 is 10.1 Å². The number of amides is 1. The minimum atomic E-state index is -3.75. The quantitative estimate of drug-likeness (QED) is 0.627.